The van der Waals surface area contributed by atoms with Crippen molar-refractivity contribution in [2.75, 3.05) is 19.7 Å². The molecule has 1 aliphatic rings. The number of aromatic nitrogens is 1. The third kappa shape index (κ3) is 3.66. The van der Waals surface area contributed by atoms with Crippen LogP contribution >= 0.6 is 0 Å². The molecule has 118 valence electrons. The van der Waals surface area contributed by atoms with Crippen LogP contribution in [0.15, 0.2) is 10.9 Å². The van der Waals surface area contributed by atoms with Crippen LogP contribution in [-0.2, 0) is 17.8 Å². The molecule has 0 bridgehead atoms. The Labute approximate surface area is 126 Å². The molecule has 0 saturated carbocycles. The van der Waals surface area contributed by atoms with Crippen molar-refractivity contribution >= 4 is 0 Å². The average molecular weight is 294 g/mol. The Balaban J connectivity index is 2.35. The lowest BCUT2D eigenvalue weighted by atomic mass is 10.2. The molecular weight excluding hydrogens is 268 g/mol. The molecule has 0 aromatic carbocycles. The highest BCUT2D eigenvalue weighted by atomic mass is 16.5. The first-order valence-electron chi connectivity index (χ1n) is 7.83. The molecule has 1 aromatic rings. The quantitative estimate of drug-likeness (QED) is 0.870. The van der Waals surface area contributed by atoms with Gasteiger partial charge in [-0.3, -0.25) is 9.69 Å². The first kappa shape index (κ1) is 16.0. The third-order valence-electron chi connectivity index (χ3n) is 4.28. The highest BCUT2D eigenvalue weighted by molar-refractivity contribution is 5.30. The number of nitrogens with zero attached hydrogens (tertiary/aromatic N) is 2. The van der Waals surface area contributed by atoms with Crippen LogP contribution in [-0.4, -0.2) is 40.4 Å². The summed E-state index contributed by atoms with van der Waals surface area (Å²) in [5, 5.41) is 10.2. The zero-order valence-electron chi connectivity index (χ0n) is 13.3. The van der Waals surface area contributed by atoms with E-state index in [1.807, 2.05) is 11.5 Å². The summed E-state index contributed by atoms with van der Waals surface area (Å²) in [6, 6.07) is 1.51. The van der Waals surface area contributed by atoms with Crippen LogP contribution in [0.5, 0.6) is 5.75 Å². The smallest absolute Gasteiger partial charge is 0.223 e. The van der Waals surface area contributed by atoms with Crippen molar-refractivity contribution in [1.82, 2.24) is 9.47 Å². The second-order valence-electron chi connectivity index (χ2n) is 5.65. The fraction of sp³-hybridized carbons (Fsp3) is 0.688. The van der Waals surface area contributed by atoms with Crippen LogP contribution in [0.25, 0.3) is 0 Å². The zero-order valence-corrected chi connectivity index (χ0v) is 13.3. The SMILES string of the molecule is CCN(CC)Cc1c(O)c(=O)cc(C)n1CC1CCCO1. The van der Waals surface area contributed by atoms with Crippen LogP contribution in [0, 0.1) is 6.92 Å². The molecule has 1 aliphatic heterocycles. The van der Waals surface area contributed by atoms with Crippen molar-refractivity contribution in [1.29, 1.82) is 0 Å². The second-order valence-corrected chi connectivity index (χ2v) is 5.65. The van der Waals surface area contributed by atoms with E-state index in [1.54, 1.807) is 0 Å². The van der Waals surface area contributed by atoms with Gasteiger partial charge in [-0.15, -0.1) is 0 Å². The number of aromatic hydroxyl groups is 1. The lowest BCUT2D eigenvalue weighted by Gasteiger charge is -2.25. The van der Waals surface area contributed by atoms with Gasteiger partial charge in [0, 0.05) is 31.5 Å². The highest BCUT2D eigenvalue weighted by Crippen LogP contribution is 2.21. The molecule has 2 rings (SSSR count). The largest absolute Gasteiger partial charge is 0.503 e. The molecule has 0 radical (unpaired) electrons. The normalized spacial score (nSPS) is 18.6. The van der Waals surface area contributed by atoms with E-state index in [0.29, 0.717) is 18.8 Å². The van der Waals surface area contributed by atoms with Gasteiger partial charge in [-0.25, -0.2) is 0 Å². The summed E-state index contributed by atoms with van der Waals surface area (Å²) in [5.74, 6) is -0.120. The maximum Gasteiger partial charge on any atom is 0.223 e. The molecule has 1 saturated heterocycles. The van der Waals surface area contributed by atoms with E-state index in [-0.39, 0.29) is 17.3 Å². The van der Waals surface area contributed by atoms with Crippen LogP contribution < -0.4 is 5.43 Å². The molecular formula is C16H26N2O3. The fourth-order valence-corrected chi connectivity index (χ4v) is 2.88. The van der Waals surface area contributed by atoms with Crippen molar-refractivity contribution in [3.05, 3.63) is 27.7 Å². The van der Waals surface area contributed by atoms with Gasteiger partial charge in [-0.05, 0) is 32.9 Å². The van der Waals surface area contributed by atoms with Crippen molar-refractivity contribution in [3.8, 4) is 5.75 Å². The Bertz CT molecular complexity index is 529. The second kappa shape index (κ2) is 7.09. The number of hydrogen-bond donors (Lipinski definition) is 1. The lowest BCUT2D eigenvalue weighted by Crippen LogP contribution is -2.29. The summed E-state index contributed by atoms with van der Waals surface area (Å²) >= 11 is 0. The van der Waals surface area contributed by atoms with Gasteiger partial charge >= 0.3 is 0 Å². The van der Waals surface area contributed by atoms with Gasteiger partial charge in [0.05, 0.1) is 11.8 Å². The number of ether oxygens (including phenoxy) is 1. The predicted octanol–water partition coefficient (Wildman–Crippen LogP) is 1.88. The number of rotatable bonds is 6. The Morgan fingerprint density at radius 1 is 1.43 bits per heavy atom. The average Bonchev–Trinajstić information content (AvgIpc) is 2.97. The molecule has 0 spiro atoms. The predicted molar refractivity (Wildman–Crippen MR) is 82.7 cm³/mol. The first-order chi connectivity index (χ1) is 10.1. The summed E-state index contributed by atoms with van der Waals surface area (Å²) in [4.78, 5) is 14.1. The van der Waals surface area contributed by atoms with Crippen molar-refractivity contribution < 1.29 is 9.84 Å². The van der Waals surface area contributed by atoms with E-state index in [9.17, 15) is 9.90 Å². The van der Waals surface area contributed by atoms with Crippen LogP contribution in [0.4, 0.5) is 0 Å². The minimum absolute atomic E-state index is 0.120. The van der Waals surface area contributed by atoms with Gasteiger partial charge in [-0.2, -0.15) is 0 Å². The molecule has 1 aromatic heterocycles. The third-order valence-corrected chi connectivity index (χ3v) is 4.28. The van der Waals surface area contributed by atoms with Crippen LogP contribution in [0.2, 0.25) is 0 Å². The molecule has 5 nitrogen and oxygen atoms in total. The van der Waals surface area contributed by atoms with Gasteiger partial charge in [-0.1, -0.05) is 13.8 Å². The summed E-state index contributed by atoms with van der Waals surface area (Å²) in [7, 11) is 0. The molecule has 5 heteroatoms. The minimum Gasteiger partial charge on any atom is -0.503 e. The monoisotopic (exact) mass is 294 g/mol. The minimum atomic E-state index is -0.293. The number of aryl methyl sites for hydroxylation is 1. The zero-order chi connectivity index (χ0) is 15.4. The Hall–Kier alpha value is -1.33. The van der Waals surface area contributed by atoms with Gasteiger partial charge in [0.2, 0.25) is 5.43 Å². The van der Waals surface area contributed by atoms with Gasteiger partial charge < -0.3 is 14.4 Å². The summed E-state index contributed by atoms with van der Waals surface area (Å²) in [6.45, 7) is 9.95. The molecule has 1 unspecified atom stereocenters. The van der Waals surface area contributed by atoms with E-state index in [4.69, 9.17) is 4.74 Å². The summed E-state index contributed by atoms with van der Waals surface area (Å²) in [5.41, 5.74) is 1.30. The molecule has 1 N–H and O–H groups in total. The molecule has 0 aliphatic carbocycles. The van der Waals surface area contributed by atoms with E-state index in [1.165, 1.54) is 6.07 Å². The standard InChI is InChI=1S/C16H26N2O3/c1-4-17(5-2)11-14-16(20)15(19)9-12(3)18(14)10-13-7-6-8-21-13/h9,13,20H,4-8,10-11H2,1-3H3. The molecule has 1 fully saturated rings. The fourth-order valence-electron chi connectivity index (χ4n) is 2.88. The van der Waals surface area contributed by atoms with E-state index in [2.05, 4.69) is 18.7 Å². The molecule has 1 atom stereocenters. The number of pyridine rings is 1. The van der Waals surface area contributed by atoms with Crippen molar-refractivity contribution in [2.45, 2.75) is 52.8 Å². The Kier molecular flexibility index (Phi) is 5.42. The molecule has 2 heterocycles. The molecule has 0 amide bonds. The van der Waals surface area contributed by atoms with Crippen molar-refractivity contribution in [2.24, 2.45) is 0 Å². The van der Waals surface area contributed by atoms with Gasteiger partial charge in [0.1, 0.15) is 0 Å². The summed E-state index contributed by atoms with van der Waals surface area (Å²) in [6.07, 6.45) is 2.30. The Morgan fingerprint density at radius 2 is 2.14 bits per heavy atom. The first-order valence-corrected chi connectivity index (χ1v) is 7.83. The number of hydrogen-bond acceptors (Lipinski definition) is 4. The maximum absolute atomic E-state index is 11.9. The Morgan fingerprint density at radius 3 is 2.71 bits per heavy atom. The topological polar surface area (TPSA) is 54.7 Å². The highest BCUT2D eigenvalue weighted by Gasteiger charge is 2.21. The lowest BCUT2D eigenvalue weighted by molar-refractivity contribution is 0.0946. The van der Waals surface area contributed by atoms with E-state index >= 15 is 0 Å². The molecule has 21 heavy (non-hydrogen) atoms. The van der Waals surface area contributed by atoms with Crippen molar-refractivity contribution in [3.63, 3.8) is 0 Å². The van der Waals surface area contributed by atoms with E-state index in [0.717, 1.165) is 38.2 Å². The van der Waals surface area contributed by atoms with E-state index < -0.39 is 0 Å². The maximum atomic E-state index is 11.9. The van der Waals surface area contributed by atoms with Crippen LogP contribution in [0.3, 0.4) is 0 Å². The van der Waals surface area contributed by atoms with Crippen LogP contribution in [0.1, 0.15) is 38.1 Å². The van der Waals surface area contributed by atoms with Gasteiger partial charge in [0.25, 0.3) is 0 Å². The summed E-state index contributed by atoms with van der Waals surface area (Å²) < 4.78 is 7.75. The van der Waals surface area contributed by atoms with Gasteiger partial charge in [0.15, 0.2) is 5.75 Å².